The van der Waals surface area contributed by atoms with Crippen molar-refractivity contribution in [2.45, 2.75) is 122 Å². The van der Waals surface area contributed by atoms with Crippen molar-refractivity contribution < 1.29 is 110 Å². The molecule has 1 aliphatic heterocycles. The van der Waals surface area contributed by atoms with Gasteiger partial charge in [-0.1, -0.05) is 44.9 Å². The Morgan fingerprint density at radius 1 is 0.814 bits per heavy atom. The number of carboxylic acids is 3. The van der Waals surface area contributed by atoms with E-state index in [-0.39, 0.29) is 73.0 Å². The van der Waals surface area contributed by atoms with Gasteiger partial charge in [0.05, 0.1) is 19.5 Å². The fourth-order valence-electron chi connectivity index (χ4n) is 6.00. The van der Waals surface area contributed by atoms with Gasteiger partial charge in [-0.3, -0.25) is 46.9 Å². The highest BCUT2D eigenvalue weighted by molar-refractivity contribution is 8.13. The zero-order valence-corrected chi connectivity index (χ0v) is 41.4. The second kappa shape index (κ2) is 29.5. The number of amides is 2. The number of thioether (sulfide) groups is 1. The lowest BCUT2D eigenvalue weighted by molar-refractivity contribution is -0.138. The van der Waals surface area contributed by atoms with Gasteiger partial charge in [-0.05, 0) is 25.7 Å². The van der Waals surface area contributed by atoms with Gasteiger partial charge in [-0.2, -0.15) is 4.31 Å². The number of rotatable bonds is 32. The first-order chi connectivity index (χ1) is 32.5. The number of nitrogen functional groups attached to an aromatic ring is 1. The maximum Gasteiger partial charge on any atom is 0.481 e. The number of nitrogens with two attached hydrogens (primary N) is 1. The number of nitrogens with one attached hydrogen (secondary N) is 2. The van der Waals surface area contributed by atoms with Crippen LogP contribution in [0.15, 0.2) is 12.7 Å². The molecule has 30 nitrogen and oxygen atoms in total. The first kappa shape index (κ1) is 62.1. The Kier molecular flexibility index (Phi) is 26.1. The molecule has 34 heteroatoms. The lowest BCUT2D eigenvalue weighted by Gasteiger charge is -2.30. The summed E-state index contributed by atoms with van der Waals surface area (Å²) in [6.07, 6.45) is -1.53. The SMILES string of the molecule is CC(C)(COP(=O)(O)OP(=O)(O)OC[C@H]1O[C@@H](n2cnc3c(N)ncnc32)[C@H](O)[C@@H]1OP(=O)(O)O)[C@@H](O)C(=O)NCCC(=O)NCCSC(=O)CCCCC(=O)O.O=C(O)CCCCCCCC(=O)O. The molecule has 0 saturated carbocycles. The zero-order valence-electron chi connectivity index (χ0n) is 37.9. The van der Waals surface area contributed by atoms with E-state index in [0.29, 0.717) is 25.7 Å². The third-order valence-corrected chi connectivity index (χ3v) is 13.6. The molecule has 70 heavy (non-hydrogen) atoms. The summed E-state index contributed by atoms with van der Waals surface area (Å²) in [6, 6.07) is 0. The molecule has 13 N–H and O–H groups in total. The molecule has 3 rings (SSSR count). The number of ether oxygens (including phenoxy) is 1. The van der Waals surface area contributed by atoms with E-state index < -0.39 is 102 Å². The summed E-state index contributed by atoms with van der Waals surface area (Å²) in [5, 5.41) is 51.3. The van der Waals surface area contributed by atoms with Crippen molar-refractivity contribution in [3.8, 4) is 0 Å². The van der Waals surface area contributed by atoms with E-state index in [1.165, 1.54) is 13.8 Å². The maximum absolute atomic E-state index is 12.7. The predicted octanol–water partition coefficient (Wildman–Crippen LogP) is 1.20. The number of carbonyl (C=O) groups is 6. The molecule has 1 aliphatic rings. The van der Waals surface area contributed by atoms with Crippen molar-refractivity contribution in [2.75, 3.05) is 37.8 Å². The number of phosphoric ester groups is 3. The van der Waals surface area contributed by atoms with Crippen molar-refractivity contribution >= 4 is 87.0 Å². The van der Waals surface area contributed by atoms with Crippen LogP contribution in [0.5, 0.6) is 0 Å². The topological polar surface area (TPSA) is 476 Å². The first-order valence-electron chi connectivity index (χ1n) is 21.2. The van der Waals surface area contributed by atoms with E-state index >= 15 is 0 Å². The van der Waals surface area contributed by atoms with Crippen LogP contribution < -0.4 is 16.4 Å². The molecule has 2 aromatic heterocycles. The number of hydrogen-bond acceptors (Lipinski definition) is 21. The average Bonchev–Trinajstić information content (AvgIpc) is 3.81. The number of anilines is 1. The van der Waals surface area contributed by atoms with Crippen LogP contribution in [0.25, 0.3) is 11.2 Å². The van der Waals surface area contributed by atoms with E-state index in [1.54, 1.807) is 0 Å². The summed E-state index contributed by atoms with van der Waals surface area (Å²) >= 11 is 0.982. The van der Waals surface area contributed by atoms with Crippen LogP contribution in [-0.4, -0.2) is 156 Å². The van der Waals surface area contributed by atoms with Crippen molar-refractivity contribution in [3.63, 3.8) is 0 Å². The summed E-state index contributed by atoms with van der Waals surface area (Å²) in [4.78, 5) is 118. The summed E-state index contributed by atoms with van der Waals surface area (Å²) < 4.78 is 62.0. The van der Waals surface area contributed by atoms with E-state index in [4.69, 9.17) is 34.8 Å². The van der Waals surface area contributed by atoms with Crippen LogP contribution in [0, 0.1) is 5.41 Å². The Morgan fingerprint density at radius 2 is 1.37 bits per heavy atom. The molecule has 3 heterocycles. The second-order valence-electron chi connectivity index (χ2n) is 15.9. The summed E-state index contributed by atoms with van der Waals surface area (Å²) in [5.41, 5.74) is 4.21. The van der Waals surface area contributed by atoms with Gasteiger partial charge in [-0.15, -0.1) is 0 Å². The van der Waals surface area contributed by atoms with Crippen LogP contribution in [0.2, 0.25) is 0 Å². The van der Waals surface area contributed by atoms with Crippen LogP contribution in [0.1, 0.15) is 97.1 Å². The van der Waals surface area contributed by atoms with Crippen molar-refractivity contribution in [2.24, 2.45) is 5.41 Å². The number of hydrogen-bond donors (Lipinski definition) is 12. The molecular formula is C36H60N7O23P3S. The molecule has 0 aromatic carbocycles. The average molecular weight is 1080 g/mol. The molecule has 0 bridgehead atoms. The highest BCUT2D eigenvalue weighted by atomic mass is 32.2. The minimum absolute atomic E-state index is 0.0217. The van der Waals surface area contributed by atoms with Gasteiger partial charge in [0.2, 0.25) is 11.8 Å². The van der Waals surface area contributed by atoms with Gasteiger partial charge in [0.15, 0.2) is 22.8 Å². The van der Waals surface area contributed by atoms with Crippen LogP contribution in [0.4, 0.5) is 5.82 Å². The predicted molar refractivity (Wildman–Crippen MR) is 241 cm³/mol. The number of aliphatic hydroxyl groups excluding tert-OH is 2. The van der Waals surface area contributed by atoms with E-state index in [0.717, 1.165) is 48.2 Å². The largest absolute Gasteiger partial charge is 0.481 e. The third kappa shape index (κ3) is 23.9. The number of aliphatic carboxylic acids is 3. The molecule has 1 saturated heterocycles. The molecule has 398 valence electrons. The monoisotopic (exact) mass is 1080 g/mol. The smallest absolute Gasteiger partial charge is 0.481 e. The molecule has 7 atom stereocenters. The number of fused-ring (bicyclic) bond motifs is 1. The fourth-order valence-corrected chi connectivity index (χ4v) is 9.55. The Balaban J connectivity index is 0.00000112. The fraction of sp³-hybridized carbons (Fsp3) is 0.694. The molecule has 0 spiro atoms. The number of aliphatic hydroxyl groups is 2. The highest BCUT2D eigenvalue weighted by Crippen LogP contribution is 2.61. The summed E-state index contributed by atoms with van der Waals surface area (Å²) in [5.74, 6) is -3.73. The number of phosphoric acid groups is 3. The highest BCUT2D eigenvalue weighted by Gasteiger charge is 2.50. The Hall–Kier alpha value is -4.03. The molecule has 0 aliphatic carbocycles. The van der Waals surface area contributed by atoms with Crippen molar-refractivity contribution in [1.29, 1.82) is 0 Å². The van der Waals surface area contributed by atoms with E-state index in [9.17, 15) is 72.2 Å². The maximum atomic E-state index is 12.7. The van der Waals surface area contributed by atoms with Gasteiger partial charge in [0.1, 0.15) is 36.3 Å². The number of nitrogens with zero attached hydrogens (tertiary/aromatic N) is 4. The molecule has 1 fully saturated rings. The lowest BCUT2D eigenvalue weighted by atomic mass is 9.87. The van der Waals surface area contributed by atoms with Gasteiger partial charge in [0, 0.05) is 56.4 Å². The van der Waals surface area contributed by atoms with Crippen LogP contribution in [0.3, 0.4) is 0 Å². The summed E-state index contributed by atoms with van der Waals surface area (Å²) in [6.45, 7) is 0.319. The molecule has 2 amide bonds. The molecular weight excluding hydrogens is 1020 g/mol. The number of carboxylic acid groups (broad SMARTS) is 3. The Labute approximate surface area is 403 Å². The Morgan fingerprint density at radius 3 is 1.96 bits per heavy atom. The van der Waals surface area contributed by atoms with Crippen molar-refractivity contribution in [3.05, 3.63) is 12.7 Å². The molecule has 2 aromatic rings. The second-order valence-corrected chi connectivity index (χ2v) is 21.3. The number of imidazole rings is 1. The quantitative estimate of drug-likeness (QED) is 0.0362. The molecule has 2 unspecified atom stereocenters. The van der Waals surface area contributed by atoms with Crippen LogP contribution in [-0.2, 0) is 65.1 Å². The van der Waals surface area contributed by atoms with E-state index in [1.807, 2.05) is 0 Å². The number of carbonyl (C=O) groups excluding carboxylic acids is 3. The van der Waals surface area contributed by atoms with E-state index in [2.05, 4.69) is 34.4 Å². The number of unbranched alkanes of at least 4 members (excludes halogenated alkanes) is 5. The minimum Gasteiger partial charge on any atom is -0.481 e. The van der Waals surface area contributed by atoms with Crippen molar-refractivity contribution in [1.82, 2.24) is 30.2 Å². The molecule has 0 radical (unpaired) electrons. The van der Waals surface area contributed by atoms with Gasteiger partial charge >= 0.3 is 41.4 Å². The normalized spacial score (nSPS) is 19.3. The van der Waals surface area contributed by atoms with Crippen LogP contribution >= 0.6 is 35.2 Å². The Bertz CT molecular complexity index is 2200. The lowest BCUT2D eigenvalue weighted by Crippen LogP contribution is -2.46. The minimum atomic E-state index is -5.58. The standard InChI is InChI=1S/C27H44N7O19P3S.C9H16O4/c1-27(2,22(40)25(41)30-8-7-16(35)29-9-10-57-18(38)6-4-3-5-17(36)37)12-50-56(47,48)53-55(45,46)49-11-15-21(52-54(42,43)44)20(39)26(51-15)34-14-33-19-23(28)31-13-32-24(19)34;10-8(11)6-4-2-1-3-5-7-9(12)13/h13-15,20-22,26,39-40H,3-12H2,1-2H3,(H,29,35)(H,30,41)(H,36,37)(H,45,46)(H,47,48)(H2,28,31,32)(H2,42,43,44);1-7H2,(H,10,11)(H,12,13)/t15-,20-,21-,22+,26-;/m1./s1. The zero-order chi connectivity index (χ0) is 52.9. The summed E-state index contributed by atoms with van der Waals surface area (Å²) in [7, 11) is -16.4. The first-order valence-corrected chi connectivity index (χ1v) is 26.7. The number of aromatic nitrogens is 4. The third-order valence-electron chi connectivity index (χ3n) is 9.57. The van der Waals surface area contributed by atoms with Gasteiger partial charge in [0.25, 0.3) is 0 Å². The van der Waals surface area contributed by atoms with Gasteiger partial charge in [-0.25, -0.2) is 28.6 Å². The van der Waals surface area contributed by atoms with Gasteiger partial charge < -0.3 is 66.2 Å².